The summed E-state index contributed by atoms with van der Waals surface area (Å²) in [6.45, 7) is 3.68. The quantitative estimate of drug-likeness (QED) is 0.396. The van der Waals surface area contributed by atoms with Gasteiger partial charge in [-0.15, -0.1) is 5.10 Å². The van der Waals surface area contributed by atoms with E-state index in [2.05, 4.69) is 20.6 Å². The molecule has 1 aliphatic carbocycles. The van der Waals surface area contributed by atoms with Crippen molar-refractivity contribution in [3.8, 4) is 17.1 Å². The summed E-state index contributed by atoms with van der Waals surface area (Å²) in [5.74, 6) is 0.388. The number of hydrogen-bond donors (Lipinski definition) is 1. The van der Waals surface area contributed by atoms with Gasteiger partial charge in [0.25, 0.3) is 0 Å². The normalized spacial score (nSPS) is 17.5. The number of carbonyl (C=O) groups is 3. The van der Waals surface area contributed by atoms with Crippen LogP contribution in [0.3, 0.4) is 0 Å². The second-order valence-electron chi connectivity index (χ2n) is 8.71. The molecule has 2 atom stereocenters. The van der Waals surface area contributed by atoms with E-state index in [1.165, 1.54) is 14.0 Å². The van der Waals surface area contributed by atoms with Crippen molar-refractivity contribution in [2.45, 2.75) is 65.0 Å². The third kappa shape index (κ3) is 7.24. The van der Waals surface area contributed by atoms with Gasteiger partial charge in [-0.2, -0.15) is 0 Å². The first-order valence-corrected chi connectivity index (χ1v) is 11.8. The summed E-state index contributed by atoms with van der Waals surface area (Å²) in [6.07, 6.45) is 3.44. The molecular weight excluding hydrogens is 454 g/mol. The number of ether oxygens (including phenoxy) is 3. The first-order valence-electron chi connectivity index (χ1n) is 11.8. The fourth-order valence-corrected chi connectivity index (χ4v) is 4.08. The number of aromatic nitrogens is 4. The van der Waals surface area contributed by atoms with E-state index in [0.717, 1.165) is 19.3 Å². The number of rotatable bonds is 10. The van der Waals surface area contributed by atoms with Crippen molar-refractivity contribution in [2.24, 2.45) is 13.0 Å². The third-order valence-electron chi connectivity index (χ3n) is 5.98. The highest BCUT2D eigenvalue weighted by molar-refractivity contribution is 5.75. The number of nitrogens with one attached hydrogen (secondary N) is 1. The highest BCUT2D eigenvalue weighted by Gasteiger charge is 2.29. The molecule has 3 rings (SSSR count). The van der Waals surface area contributed by atoms with Crippen molar-refractivity contribution in [3.05, 3.63) is 23.5 Å². The van der Waals surface area contributed by atoms with Crippen LogP contribution in [0.25, 0.3) is 11.4 Å². The maximum atomic E-state index is 12.0. The van der Waals surface area contributed by atoms with Crippen LogP contribution in [0, 0.1) is 12.8 Å². The van der Waals surface area contributed by atoms with Crippen LogP contribution in [0.15, 0.2) is 12.1 Å². The molecule has 35 heavy (non-hydrogen) atoms. The molecule has 0 radical (unpaired) electrons. The molecule has 1 N–H and O–H groups in total. The van der Waals surface area contributed by atoms with Crippen molar-refractivity contribution < 1.29 is 28.6 Å². The topological polar surface area (TPSA) is 135 Å². The number of nitrogens with zero attached hydrogens (tertiary/aromatic N) is 4. The van der Waals surface area contributed by atoms with Crippen molar-refractivity contribution in [1.29, 1.82) is 0 Å². The van der Waals surface area contributed by atoms with Gasteiger partial charge >= 0.3 is 12.1 Å². The van der Waals surface area contributed by atoms with Gasteiger partial charge in [-0.3, -0.25) is 4.79 Å². The summed E-state index contributed by atoms with van der Waals surface area (Å²) < 4.78 is 17.7. The van der Waals surface area contributed by atoms with E-state index in [-0.39, 0.29) is 36.9 Å². The number of methoxy groups -OCH3 is 1. The number of hydrogen-bond acceptors (Lipinski definition) is 9. The van der Waals surface area contributed by atoms with E-state index < -0.39 is 6.09 Å². The maximum Gasteiger partial charge on any atom is 0.407 e. The second-order valence-corrected chi connectivity index (χ2v) is 8.71. The Morgan fingerprint density at radius 1 is 1.23 bits per heavy atom. The van der Waals surface area contributed by atoms with Gasteiger partial charge in [0.15, 0.2) is 0 Å². The fraction of sp³-hybridized carbons (Fsp3) is 0.583. The number of alkyl carbamates (subject to hydrolysis) is 1. The highest BCUT2D eigenvalue weighted by Crippen LogP contribution is 2.30. The van der Waals surface area contributed by atoms with Gasteiger partial charge in [-0.05, 0) is 58.1 Å². The van der Waals surface area contributed by atoms with Crippen LogP contribution in [0.5, 0.6) is 5.75 Å². The number of esters is 1. The predicted octanol–water partition coefficient (Wildman–Crippen LogP) is 2.89. The molecule has 1 fully saturated rings. The molecule has 2 aromatic heterocycles. The number of ketones is 1. The van der Waals surface area contributed by atoms with E-state index >= 15 is 0 Å². The summed E-state index contributed by atoms with van der Waals surface area (Å²) in [7, 11) is 3.15. The molecule has 11 nitrogen and oxygen atoms in total. The molecule has 11 heteroatoms. The standard InChI is InChI=1S/C24H33N5O6/c1-15(30)7-6-12-34-24(32)25-14-20-22(27-28-29(20)3)19-10-11-21(16(2)26-19)35-18-9-5-8-17(13-18)23(31)33-4/h10-11,17-18H,5-9,12-14H2,1-4H3,(H,25,32)/t17-,18-/m0/s1. The molecule has 0 bridgehead atoms. The van der Waals surface area contributed by atoms with Crippen LogP contribution in [0.1, 0.15) is 56.8 Å². The Bertz CT molecular complexity index is 1050. The third-order valence-corrected chi connectivity index (χ3v) is 5.98. The number of aryl methyl sites for hydroxylation is 2. The minimum absolute atomic E-state index is 0.0583. The first kappa shape index (κ1) is 26.1. The molecule has 0 unspecified atom stereocenters. The molecule has 2 aromatic rings. The maximum absolute atomic E-state index is 12.0. The van der Waals surface area contributed by atoms with E-state index in [1.54, 1.807) is 17.8 Å². The highest BCUT2D eigenvalue weighted by atomic mass is 16.5. The van der Waals surface area contributed by atoms with Gasteiger partial charge in [0.05, 0.1) is 49.4 Å². The molecule has 2 heterocycles. The molecule has 0 aromatic carbocycles. The van der Waals surface area contributed by atoms with Crippen LogP contribution in [0.2, 0.25) is 0 Å². The molecular formula is C24H33N5O6. The van der Waals surface area contributed by atoms with E-state index in [0.29, 0.717) is 47.8 Å². The second kappa shape index (κ2) is 12.3. The van der Waals surface area contributed by atoms with Gasteiger partial charge < -0.3 is 24.3 Å². The Balaban J connectivity index is 1.62. The fourth-order valence-electron chi connectivity index (χ4n) is 4.08. The van der Waals surface area contributed by atoms with E-state index in [4.69, 9.17) is 14.2 Å². The summed E-state index contributed by atoms with van der Waals surface area (Å²) in [6, 6.07) is 3.64. The van der Waals surface area contributed by atoms with Crippen molar-refractivity contribution >= 4 is 17.8 Å². The largest absolute Gasteiger partial charge is 0.489 e. The molecule has 1 aliphatic rings. The average Bonchev–Trinajstić information content (AvgIpc) is 3.21. The van der Waals surface area contributed by atoms with Gasteiger partial charge in [0.1, 0.15) is 17.2 Å². The smallest absolute Gasteiger partial charge is 0.407 e. The summed E-state index contributed by atoms with van der Waals surface area (Å²) in [4.78, 5) is 39.5. The van der Waals surface area contributed by atoms with Crippen molar-refractivity contribution in [1.82, 2.24) is 25.3 Å². The predicted molar refractivity (Wildman–Crippen MR) is 125 cm³/mol. The summed E-state index contributed by atoms with van der Waals surface area (Å²) >= 11 is 0. The Kier molecular flexibility index (Phi) is 9.16. The van der Waals surface area contributed by atoms with Crippen LogP contribution >= 0.6 is 0 Å². The van der Waals surface area contributed by atoms with Crippen molar-refractivity contribution in [3.63, 3.8) is 0 Å². The number of amides is 1. The van der Waals surface area contributed by atoms with Gasteiger partial charge in [-0.1, -0.05) is 5.21 Å². The Morgan fingerprint density at radius 3 is 2.74 bits per heavy atom. The SMILES string of the molecule is COC(=O)[C@H]1CCC[C@H](Oc2ccc(-c3nnn(C)c3CNC(=O)OCCCC(C)=O)nc2C)C1. The lowest BCUT2D eigenvalue weighted by Gasteiger charge is -2.28. The summed E-state index contributed by atoms with van der Waals surface area (Å²) in [5.41, 5.74) is 2.50. The molecule has 0 aliphatic heterocycles. The lowest BCUT2D eigenvalue weighted by Crippen LogP contribution is -2.30. The Labute approximate surface area is 204 Å². The molecule has 0 spiro atoms. The van der Waals surface area contributed by atoms with Crippen LogP contribution in [-0.2, 0) is 32.7 Å². The zero-order chi connectivity index (χ0) is 25.4. The van der Waals surface area contributed by atoms with Crippen LogP contribution in [0.4, 0.5) is 4.79 Å². The zero-order valence-electron chi connectivity index (χ0n) is 20.7. The zero-order valence-corrected chi connectivity index (χ0v) is 20.7. The molecule has 0 saturated heterocycles. The van der Waals surface area contributed by atoms with Crippen LogP contribution < -0.4 is 10.1 Å². The minimum Gasteiger partial charge on any atom is -0.489 e. The lowest BCUT2D eigenvalue weighted by molar-refractivity contribution is -0.147. The summed E-state index contributed by atoms with van der Waals surface area (Å²) in [5, 5.41) is 11.0. The number of carbonyl (C=O) groups excluding carboxylic acids is 3. The number of Topliss-reactive ketones (excluding diaryl/α,β-unsaturated/α-hetero) is 1. The van der Waals surface area contributed by atoms with E-state index in [9.17, 15) is 14.4 Å². The monoisotopic (exact) mass is 487 g/mol. The lowest BCUT2D eigenvalue weighted by atomic mass is 9.87. The Morgan fingerprint density at radius 2 is 2.03 bits per heavy atom. The Hall–Kier alpha value is -3.50. The molecule has 190 valence electrons. The van der Waals surface area contributed by atoms with Crippen molar-refractivity contribution in [2.75, 3.05) is 13.7 Å². The molecule has 1 saturated carbocycles. The van der Waals surface area contributed by atoms with E-state index in [1.807, 2.05) is 13.0 Å². The average molecular weight is 488 g/mol. The minimum atomic E-state index is -0.577. The molecule has 1 amide bonds. The van der Waals surface area contributed by atoms with Gasteiger partial charge in [-0.25, -0.2) is 14.5 Å². The number of pyridine rings is 1. The first-order chi connectivity index (χ1) is 16.8. The van der Waals surface area contributed by atoms with Gasteiger partial charge in [0.2, 0.25) is 0 Å². The van der Waals surface area contributed by atoms with Gasteiger partial charge in [0, 0.05) is 13.5 Å². The van der Waals surface area contributed by atoms with Crippen LogP contribution in [-0.4, -0.2) is 57.6 Å².